The third kappa shape index (κ3) is 4.50. The van der Waals surface area contributed by atoms with Gasteiger partial charge in [0.2, 0.25) is 0 Å². The molecule has 2 nitrogen and oxygen atoms in total. The predicted molar refractivity (Wildman–Crippen MR) is 78.1 cm³/mol. The molecule has 0 aliphatic heterocycles. The number of carboxylic acid groups (broad SMARTS) is 1. The first-order valence-corrected chi connectivity index (χ1v) is 8.52. The Balaban J connectivity index is 1.82. The van der Waals surface area contributed by atoms with Gasteiger partial charge in [0, 0.05) is 0 Å². The van der Waals surface area contributed by atoms with Crippen LogP contribution in [0.2, 0.25) is 0 Å². The van der Waals surface area contributed by atoms with Gasteiger partial charge in [0.25, 0.3) is 0 Å². The summed E-state index contributed by atoms with van der Waals surface area (Å²) in [5, 5.41) is 9.24. The average Bonchev–Trinajstić information content (AvgIpc) is 2.30. The number of hydrogen-bond donors (Lipinski definition) is 1. The Labute approximate surface area is 118 Å². The minimum Gasteiger partial charge on any atom is -0.481 e. The van der Waals surface area contributed by atoms with Gasteiger partial charge in [-0.3, -0.25) is 4.79 Å². The van der Waals surface area contributed by atoms with Gasteiger partial charge in [-0.05, 0) is 24.7 Å². The molecule has 0 radical (unpaired) electrons. The van der Waals surface area contributed by atoms with Gasteiger partial charge in [-0.1, -0.05) is 70.6 Å². The van der Waals surface area contributed by atoms with Crippen LogP contribution in [-0.4, -0.2) is 11.1 Å². The van der Waals surface area contributed by atoms with E-state index in [1.807, 2.05) is 0 Å². The zero-order valence-electron chi connectivity index (χ0n) is 12.3. The van der Waals surface area contributed by atoms with Gasteiger partial charge in [-0.2, -0.15) is 0 Å². The van der Waals surface area contributed by atoms with E-state index in [4.69, 9.17) is 0 Å². The number of aliphatic carboxylic acids is 1. The largest absolute Gasteiger partial charge is 0.481 e. The quantitative estimate of drug-likeness (QED) is 0.762. The summed E-state index contributed by atoms with van der Waals surface area (Å²) in [6, 6.07) is 0. The molecule has 0 saturated heterocycles. The molecule has 0 aromatic carbocycles. The predicted octanol–water partition coefficient (Wildman–Crippen LogP) is 5.02. The van der Waals surface area contributed by atoms with Crippen LogP contribution in [0, 0.1) is 17.8 Å². The molecule has 2 aliphatic carbocycles. The van der Waals surface area contributed by atoms with E-state index in [1.165, 1.54) is 77.0 Å². The lowest BCUT2D eigenvalue weighted by Crippen LogP contribution is -2.37. The SMILES string of the molecule is O=C(O)C1CCC1C1CCCCCCCCCCC1. The fourth-order valence-electron chi connectivity index (χ4n) is 4.02. The van der Waals surface area contributed by atoms with Crippen molar-refractivity contribution in [2.45, 2.75) is 83.5 Å². The van der Waals surface area contributed by atoms with E-state index in [0.717, 1.165) is 6.42 Å². The molecular weight excluding hydrogens is 236 g/mol. The summed E-state index contributed by atoms with van der Waals surface area (Å²) < 4.78 is 0. The fraction of sp³-hybridized carbons (Fsp3) is 0.941. The highest BCUT2D eigenvalue weighted by atomic mass is 16.4. The van der Waals surface area contributed by atoms with Crippen LogP contribution in [0.1, 0.15) is 83.5 Å². The Bertz CT molecular complexity index is 262. The van der Waals surface area contributed by atoms with Crippen molar-refractivity contribution in [2.24, 2.45) is 17.8 Å². The third-order valence-corrected chi connectivity index (χ3v) is 5.40. The monoisotopic (exact) mass is 266 g/mol. The molecule has 2 fully saturated rings. The van der Waals surface area contributed by atoms with E-state index in [0.29, 0.717) is 11.8 Å². The van der Waals surface area contributed by atoms with Gasteiger partial charge < -0.3 is 5.11 Å². The lowest BCUT2D eigenvalue weighted by atomic mass is 9.64. The van der Waals surface area contributed by atoms with Crippen LogP contribution in [0.3, 0.4) is 0 Å². The molecule has 0 spiro atoms. The van der Waals surface area contributed by atoms with E-state index < -0.39 is 5.97 Å². The number of carbonyl (C=O) groups is 1. The molecule has 110 valence electrons. The first-order chi connectivity index (χ1) is 9.29. The maximum absolute atomic E-state index is 11.2. The van der Waals surface area contributed by atoms with E-state index in [2.05, 4.69) is 0 Å². The van der Waals surface area contributed by atoms with E-state index in [1.54, 1.807) is 0 Å². The zero-order chi connectivity index (χ0) is 13.5. The van der Waals surface area contributed by atoms with Crippen LogP contribution in [0.4, 0.5) is 0 Å². The van der Waals surface area contributed by atoms with Gasteiger partial charge in [-0.15, -0.1) is 0 Å². The summed E-state index contributed by atoms with van der Waals surface area (Å²) in [7, 11) is 0. The lowest BCUT2D eigenvalue weighted by Gasteiger charge is -2.40. The maximum Gasteiger partial charge on any atom is 0.306 e. The normalized spacial score (nSPS) is 31.8. The second-order valence-electron chi connectivity index (χ2n) is 6.71. The Morgan fingerprint density at radius 3 is 1.53 bits per heavy atom. The summed E-state index contributed by atoms with van der Waals surface area (Å²) >= 11 is 0. The second-order valence-corrected chi connectivity index (χ2v) is 6.71. The molecule has 0 aromatic rings. The number of rotatable bonds is 2. The maximum atomic E-state index is 11.2. The summed E-state index contributed by atoms with van der Waals surface area (Å²) in [6.45, 7) is 0. The molecule has 2 heteroatoms. The molecule has 2 rings (SSSR count). The van der Waals surface area contributed by atoms with Crippen LogP contribution in [0.25, 0.3) is 0 Å². The van der Waals surface area contributed by atoms with Crippen molar-refractivity contribution in [1.82, 2.24) is 0 Å². The van der Waals surface area contributed by atoms with E-state index in [9.17, 15) is 9.90 Å². The highest BCUT2D eigenvalue weighted by Crippen LogP contribution is 2.44. The first kappa shape index (κ1) is 14.9. The molecule has 0 heterocycles. The smallest absolute Gasteiger partial charge is 0.306 e. The van der Waals surface area contributed by atoms with Gasteiger partial charge in [0.05, 0.1) is 5.92 Å². The number of hydrogen-bond acceptors (Lipinski definition) is 1. The highest BCUT2D eigenvalue weighted by molar-refractivity contribution is 5.71. The molecule has 2 unspecified atom stereocenters. The minimum absolute atomic E-state index is 0.0158. The Hall–Kier alpha value is -0.530. The van der Waals surface area contributed by atoms with Crippen LogP contribution >= 0.6 is 0 Å². The van der Waals surface area contributed by atoms with Gasteiger partial charge in [-0.25, -0.2) is 0 Å². The van der Waals surface area contributed by atoms with E-state index in [-0.39, 0.29) is 5.92 Å². The first-order valence-electron chi connectivity index (χ1n) is 8.52. The molecule has 0 aromatic heterocycles. The fourth-order valence-corrected chi connectivity index (χ4v) is 4.02. The molecule has 2 aliphatic rings. The molecule has 1 N–H and O–H groups in total. The second kappa shape index (κ2) is 7.91. The summed E-state index contributed by atoms with van der Waals surface area (Å²) in [5.74, 6) is 0.648. The third-order valence-electron chi connectivity index (χ3n) is 5.40. The van der Waals surface area contributed by atoms with E-state index >= 15 is 0 Å². The zero-order valence-corrected chi connectivity index (χ0v) is 12.3. The highest BCUT2D eigenvalue weighted by Gasteiger charge is 2.40. The van der Waals surface area contributed by atoms with Crippen LogP contribution in [0.15, 0.2) is 0 Å². The Morgan fingerprint density at radius 1 is 0.684 bits per heavy atom. The van der Waals surface area contributed by atoms with Crippen molar-refractivity contribution in [3.63, 3.8) is 0 Å². The van der Waals surface area contributed by atoms with Crippen molar-refractivity contribution in [3.8, 4) is 0 Å². The molecule has 0 bridgehead atoms. The number of carboxylic acids is 1. The average molecular weight is 266 g/mol. The van der Waals surface area contributed by atoms with Crippen molar-refractivity contribution >= 4 is 5.97 Å². The van der Waals surface area contributed by atoms with Crippen LogP contribution < -0.4 is 0 Å². The molecule has 2 atom stereocenters. The van der Waals surface area contributed by atoms with Gasteiger partial charge in [0.1, 0.15) is 0 Å². The lowest BCUT2D eigenvalue weighted by molar-refractivity contribution is -0.149. The Morgan fingerprint density at radius 2 is 1.16 bits per heavy atom. The summed E-state index contributed by atoms with van der Waals surface area (Å²) in [5.41, 5.74) is 0. The van der Waals surface area contributed by atoms with Crippen LogP contribution in [0.5, 0.6) is 0 Å². The molecule has 19 heavy (non-hydrogen) atoms. The van der Waals surface area contributed by atoms with Gasteiger partial charge >= 0.3 is 5.97 Å². The van der Waals surface area contributed by atoms with Crippen molar-refractivity contribution in [3.05, 3.63) is 0 Å². The van der Waals surface area contributed by atoms with Crippen LogP contribution in [-0.2, 0) is 4.79 Å². The molecule has 0 amide bonds. The van der Waals surface area contributed by atoms with Crippen molar-refractivity contribution in [2.75, 3.05) is 0 Å². The molecule has 2 saturated carbocycles. The Kier molecular flexibility index (Phi) is 6.19. The van der Waals surface area contributed by atoms with Crippen molar-refractivity contribution in [1.29, 1.82) is 0 Å². The summed E-state index contributed by atoms with van der Waals surface area (Å²) in [4.78, 5) is 11.2. The minimum atomic E-state index is -0.539. The van der Waals surface area contributed by atoms with Gasteiger partial charge in [0.15, 0.2) is 0 Å². The molecular formula is C17H30O2. The topological polar surface area (TPSA) is 37.3 Å². The standard InChI is InChI=1S/C17H30O2/c18-17(19)16-13-12-15(16)14-10-8-6-4-2-1-3-5-7-9-11-14/h14-16H,1-13H2,(H,18,19). The summed E-state index contributed by atoms with van der Waals surface area (Å²) in [6.07, 6.45) is 17.1. The van der Waals surface area contributed by atoms with Crippen molar-refractivity contribution < 1.29 is 9.90 Å².